The summed E-state index contributed by atoms with van der Waals surface area (Å²) in [5, 5.41) is 14.6. The molecule has 4 N–H and O–H groups in total. The number of aromatic nitrogens is 4. The number of aryl methyl sites for hydroxylation is 1. The van der Waals surface area contributed by atoms with Crippen LogP contribution in [0.1, 0.15) is 29.7 Å². The summed E-state index contributed by atoms with van der Waals surface area (Å²) in [6.45, 7) is 1.40. The SMILES string of the molecule is NC(=S)c1cccc(-c2cn(CCCC(F)(F)F)c3cc(CNCc4cn[nH]n4)ccc23)c1. The third-order valence-corrected chi connectivity index (χ3v) is 5.60. The Labute approximate surface area is 194 Å². The van der Waals surface area contributed by atoms with Crippen LogP contribution in [-0.2, 0) is 19.6 Å². The Morgan fingerprint density at radius 3 is 2.73 bits per heavy atom. The van der Waals surface area contributed by atoms with E-state index in [4.69, 9.17) is 18.0 Å². The van der Waals surface area contributed by atoms with Gasteiger partial charge < -0.3 is 15.6 Å². The number of nitrogens with zero attached hydrogens (tertiary/aromatic N) is 3. The van der Waals surface area contributed by atoms with E-state index in [0.717, 1.165) is 38.9 Å². The second kappa shape index (κ2) is 9.72. The van der Waals surface area contributed by atoms with Gasteiger partial charge in [-0.15, -0.1) is 0 Å². The van der Waals surface area contributed by atoms with Crippen molar-refractivity contribution in [1.82, 2.24) is 25.3 Å². The molecule has 172 valence electrons. The standard InChI is InChI=1S/C23H23F3N6S/c24-23(25,26)7-2-8-32-14-20(16-3-1-4-17(10-16)22(27)33)19-6-5-15(9-21(19)32)11-28-12-18-13-29-31-30-18/h1,3-6,9-10,13-14,28H,2,7-8,11-12H2,(H2,27,33)(H,29,30,31). The van der Waals surface area contributed by atoms with E-state index in [1.54, 1.807) is 6.20 Å². The molecule has 0 spiro atoms. The van der Waals surface area contributed by atoms with Crippen LogP contribution in [-0.4, -0.2) is 31.1 Å². The number of hydrogen-bond donors (Lipinski definition) is 3. The molecule has 0 aliphatic carbocycles. The van der Waals surface area contributed by atoms with Crippen LogP contribution in [0, 0.1) is 0 Å². The molecule has 0 bridgehead atoms. The summed E-state index contributed by atoms with van der Waals surface area (Å²) in [5.74, 6) is 0. The van der Waals surface area contributed by atoms with Crippen LogP contribution in [0.4, 0.5) is 13.2 Å². The fourth-order valence-electron chi connectivity index (χ4n) is 3.80. The summed E-state index contributed by atoms with van der Waals surface area (Å²) in [7, 11) is 0. The van der Waals surface area contributed by atoms with Crippen LogP contribution in [0.2, 0.25) is 0 Å². The van der Waals surface area contributed by atoms with Crippen molar-refractivity contribution < 1.29 is 13.2 Å². The highest BCUT2D eigenvalue weighted by Crippen LogP contribution is 2.33. The molecule has 4 aromatic rings. The first kappa shape index (κ1) is 22.9. The van der Waals surface area contributed by atoms with E-state index in [-0.39, 0.29) is 13.0 Å². The summed E-state index contributed by atoms with van der Waals surface area (Å²) in [4.78, 5) is 0.297. The van der Waals surface area contributed by atoms with Crippen LogP contribution in [0.25, 0.3) is 22.0 Å². The minimum Gasteiger partial charge on any atom is -0.389 e. The number of aromatic amines is 1. The number of alkyl halides is 3. The first-order chi connectivity index (χ1) is 15.8. The molecule has 0 amide bonds. The number of rotatable bonds is 9. The van der Waals surface area contributed by atoms with E-state index >= 15 is 0 Å². The molecule has 0 aliphatic heterocycles. The Balaban J connectivity index is 1.64. The Morgan fingerprint density at radius 2 is 2.00 bits per heavy atom. The predicted octanol–water partition coefficient (Wildman–Crippen LogP) is 4.69. The number of fused-ring (bicyclic) bond motifs is 1. The third kappa shape index (κ3) is 5.77. The lowest BCUT2D eigenvalue weighted by Gasteiger charge is -2.09. The van der Waals surface area contributed by atoms with Crippen molar-refractivity contribution >= 4 is 28.1 Å². The summed E-state index contributed by atoms with van der Waals surface area (Å²) in [5.41, 5.74) is 11.1. The van der Waals surface area contributed by atoms with E-state index in [1.807, 2.05) is 53.2 Å². The van der Waals surface area contributed by atoms with Gasteiger partial charge in [-0.3, -0.25) is 0 Å². The third-order valence-electron chi connectivity index (χ3n) is 5.36. The summed E-state index contributed by atoms with van der Waals surface area (Å²) in [6, 6.07) is 13.6. The van der Waals surface area contributed by atoms with Gasteiger partial charge in [0.05, 0.1) is 11.9 Å². The van der Waals surface area contributed by atoms with E-state index in [9.17, 15) is 13.2 Å². The molecule has 0 fully saturated rings. The first-order valence-electron chi connectivity index (χ1n) is 10.4. The van der Waals surface area contributed by atoms with Crippen LogP contribution in [0.5, 0.6) is 0 Å². The summed E-state index contributed by atoms with van der Waals surface area (Å²) < 4.78 is 40.1. The van der Waals surface area contributed by atoms with Gasteiger partial charge in [0.1, 0.15) is 4.99 Å². The Bertz CT molecular complexity index is 1250. The number of benzene rings is 2. The number of hydrogen-bond acceptors (Lipinski definition) is 4. The van der Waals surface area contributed by atoms with Gasteiger partial charge in [-0.2, -0.15) is 28.6 Å². The summed E-state index contributed by atoms with van der Waals surface area (Å²) >= 11 is 5.10. The molecule has 0 aliphatic rings. The quantitative estimate of drug-likeness (QED) is 0.308. The van der Waals surface area contributed by atoms with Crippen molar-refractivity contribution in [3.63, 3.8) is 0 Å². The molecule has 33 heavy (non-hydrogen) atoms. The van der Waals surface area contributed by atoms with Crippen LogP contribution in [0.3, 0.4) is 0 Å². The topological polar surface area (TPSA) is 84.5 Å². The zero-order chi connectivity index (χ0) is 23.4. The molecule has 2 aromatic carbocycles. The van der Waals surface area contributed by atoms with Gasteiger partial charge in [-0.1, -0.05) is 42.5 Å². The fourth-order valence-corrected chi connectivity index (χ4v) is 3.92. The molecule has 2 aromatic heterocycles. The van der Waals surface area contributed by atoms with Gasteiger partial charge in [0.25, 0.3) is 0 Å². The van der Waals surface area contributed by atoms with E-state index < -0.39 is 12.6 Å². The van der Waals surface area contributed by atoms with Crippen molar-refractivity contribution in [2.75, 3.05) is 0 Å². The molecule has 0 saturated heterocycles. The van der Waals surface area contributed by atoms with E-state index in [1.165, 1.54) is 0 Å². The number of halogens is 3. The van der Waals surface area contributed by atoms with Gasteiger partial charge in [-0.05, 0) is 29.7 Å². The zero-order valence-corrected chi connectivity index (χ0v) is 18.5. The monoisotopic (exact) mass is 472 g/mol. The van der Waals surface area contributed by atoms with Gasteiger partial charge in [0, 0.05) is 54.3 Å². The van der Waals surface area contributed by atoms with Crippen molar-refractivity contribution in [1.29, 1.82) is 0 Å². The maximum absolute atomic E-state index is 12.7. The van der Waals surface area contributed by atoms with Gasteiger partial charge in [0.2, 0.25) is 0 Å². The molecule has 10 heteroatoms. The average Bonchev–Trinajstić information content (AvgIpc) is 3.41. The van der Waals surface area contributed by atoms with E-state index in [2.05, 4.69) is 20.7 Å². The molecule has 0 atom stereocenters. The van der Waals surface area contributed by atoms with Crippen molar-refractivity contribution in [2.24, 2.45) is 5.73 Å². The van der Waals surface area contributed by atoms with Crippen molar-refractivity contribution in [3.8, 4) is 11.1 Å². The second-order valence-electron chi connectivity index (χ2n) is 7.82. The lowest BCUT2D eigenvalue weighted by atomic mass is 10.0. The first-order valence-corrected chi connectivity index (χ1v) is 10.8. The Kier molecular flexibility index (Phi) is 6.75. The molecule has 2 heterocycles. The van der Waals surface area contributed by atoms with Gasteiger partial charge in [0.15, 0.2) is 0 Å². The second-order valence-corrected chi connectivity index (χ2v) is 8.26. The van der Waals surface area contributed by atoms with Gasteiger partial charge in [-0.25, -0.2) is 0 Å². The smallest absolute Gasteiger partial charge is 0.389 e. The normalized spacial score (nSPS) is 11.8. The number of nitrogens with two attached hydrogens (primary N) is 1. The number of thiocarbonyl (C=S) groups is 1. The highest BCUT2D eigenvalue weighted by Gasteiger charge is 2.26. The zero-order valence-electron chi connectivity index (χ0n) is 17.7. The number of nitrogens with one attached hydrogen (secondary N) is 2. The van der Waals surface area contributed by atoms with E-state index in [0.29, 0.717) is 18.1 Å². The average molecular weight is 473 g/mol. The highest BCUT2D eigenvalue weighted by atomic mass is 32.1. The molecule has 0 saturated carbocycles. The van der Waals surface area contributed by atoms with Crippen molar-refractivity contribution in [3.05, 3.63) is 71.7 Å². The molecule has 0 radical (unpaired) electrons. The lowest BCUT2D eigenvalue weighted by molar-refractivity contribution is -0.135. The molecular formula is C23H23F3N6S. The largest absolute Gasteiger partial charge is 0.389 e. The minimum atomic E-state index is -4.17. The predicted molar refractivity (Wildman–Crippen MR) is 125 cm³/mol. The molecule has 0 unspecified atom stereocenters. The number of H-pyrrole nitrogens is 1. The molecule has 4 rings (SSSR count). The molecule has 6 nitrogen and oxygen atoms in total. The minimum absolute atomic E-state index is 0.00822. The highest BCUT2D eigenvalue weighted by molar-refractivity contribution is 7.80. The lowest BCUT2D eigenvalue weighted by Crippen LogP contribution is -2.13. The Hall–Kier alpha value is -3.24. The Morgan fingerprint density at radius 1 is 1.15 bits per heavy atom. The van der Waals surface area contributed by atoms with Crippen LogP contribution < -0.4 is 11.1 Å². The maximum atomic E-state index is 12.7. The van der Waals surface area contributed by atoms with Crippen molar-refractivity contribution in [2.45, 2.75) is 38.7 Å². The van der Waals surface area contributed by atoms with Gasteiger partial charge >= 0.3 is 6.18 Å². The van der Waals surface area contributed by atoms with Crippen LogP contribution >= 0.6 is 12.2 Å². The van der Waals surface area contributed by atoms with Crippen LogP contribution in [0.15, 0.2) is 54.9 Å². The molecular weight excluding hydrogens is 449 g/mol. The summed E-state index contributed by atoms with van der Waals surface area (Å²) in [6.07, 6.45) is -1.43. The fraction of sp³-hybridized carbons (Fsp3) is 0.261. The maximum Gasteiger partial charge on any atom is 0.389 e.